The van der Waals surface area contributed by atoms with E-state index in [1.807, 2.05) is 33.1 Å². The molecule has 0 aliphatic carbocycles. The molecule has 1 atom stereocenters. The molecule has 1 aromatic heterocycles. The molecule has 0 aromatic carbocycles. The van der Waals surface area contributed by atoms with Gasteiger partial charge in [-0.2, -0.15) is 0 Å². The van der Waals surface area contributed by atoms with Gasteiger partial charge in [0.2, 0.25) is 0 Å². The first-order chi connectivity index (χ1) is 8.73. The summed E-state index contributed by atoms with van der Waals surface area (Å²) in [6, 6.07) is 0. The molecule has 1 aliphatic rings. The smallest absolute Gasteiger partial charge is 0.468 e. The Bertz CT molecular complexity index is 444. The lowest BCUT2D eigenvalue weighted by Crippen LogP contribution is -2.41. The van der Waals surface area contributed by atoms with Crippen molar-refractivity contribution in [2.75, 3.05) is 0 Å². The van der Waals surface area contributed by atoms with Crippen LogP contribution in [0.2, 0.25) is 0 Å². The number of carboxylic acids is 1. The Labute approximate surface area is 117 Å². The van der Waals surface area contributed by atoms with Crippen LogP contribution in [-0.4, -0.2) is 34.4 Å². The number of rotatable bonds is 4. The van der Waals surface area contributed by atoms with E-state index in [1.165, 1.54) is 11.3 Å². The van der Waals surface area contributed by atoms with Gasteiger partial charge in [0, 0.05) is 11.2 Å². The number of thiazole rings is 1. The fourth-order valence-electron chi connectivity index (χ4n) is 1.99. The van der Waals surface area contributed by atoms with Crippen LogP contribution in [0, 0.1) is 0 Å². The first-order valence-electron chi connectivity index (χ1n) is 6.18. The highest BCUT2D eigenvalue weighted by Crippen LogP contribution is 2.41. The molecule has 0 bridgehead atoms. The third kappa shape index (κ3) is 2.83. The summed E-state index contributed by atoms with van der Waals surface area (Å²) in [6.07, 6.45) is -0.0550. The van der Waals surface area contributed by atoms with Gasteiger partial charge in [0.25, 0.3) is 0 Å². The van der Waals surface area contributed by atoms with Crippen LogP contribution in [0.4, 0.5) is 0 Å². The Morgan fingerprint density at radius 3 is 2.42 bits per heavy atom. The molecule has 2 rings (SSSR count). The standard InChI is InChI=1S/C12H18BNO4S/c1-11(2)12(3,4)18-13(17-11)8(5-10(15)16)9-6-19-7-14-9/h6-8H,5H2,1-4H3,(H,15,16). The highest BCUT2D eigenvalue weighted by molar-refractivity contribution is 7.07. The number of carboxylic acid groups (broad SMARTS) is 1. The minimum Gasteiger partial charge on any atom is -0.481 e. The van der Waals surface area contributed by atoms with Crippen molar-refractivity contribution in [1.82, 2.24) is 4.98 Å². The Kier molecular flexibility index (Phi) is 3.73. The average molecular weight is 283 g/mol. The molecule has 1 saturated heterocycles. The van der Waals surface area contributed by atoms with Gasteiger partial charge in [-0.3, -0.25) is 4.79 Å². The van der Waals surface area contributed by atoms with Gasteiger partial charge in [-0.05, 0) is 27.7 Å². The summed E-state index contributed by atoms with van der Waals surface area (Å²) in [5.41, 5.74) is 1.47. The maximum atomic E-state index is 11.0. The number of hydrogen-bond donors (Lipinski definition) is 1. The van der Waals surface area contributed by atoms with E-state index in [-0.39, 0.29) is 12.2 Å². The van der Waals surface area contributed by atoms with E-state index < -0.39 is 24.3 Å². The van der Waals surface area contributed by atoms with Gasteiger partial charge >= 0.3 is 13.1 Å². The molecule has 1 aliphatic heterocycles. The van der Waals surface area contributed by atoms with Gasteiger partial charge in [0.1, 0.15) is 0 Å². The van der Waals surface area contributed by atoms with Crippen molar-refractivity contribution < 1.29 is 19.2 Å². The molecule has 1 fully saturated rings. The monoisotopic (exact) mass is 283 g/mol. The van der Waals surface area contributed by atoms with Gasteiger partial charge in [-0.1, -0.05) is 0 Å². The molecule has 104 valence electrons. The summed E-state index contributed by atoms with van der Waals surface area (Å²) in [6.45, 7) is 7.80. The van der Waals surface area contributed by atoms with Gasteiger partial charge in [0.15, 0.2) is 0 Å². The predicted molar refractivity (Wildman–Crippen MR) is 73.2 cm³/mol. The fraction of sp³-hybridized carbons (Fsp3) is 0.667. The maximum absolute atomic E-state index is 11.0. The van der Waals surface area contributed by atoms with Crippen LogP contribution in [0.3, 0.4) is 0 Å². The van der Waals surface area contributed by atoms with E-state index in [4.69, 9.17) is 14.4 Å². The molecule has 0 radical (unpaired) electrons. The van der Waals surface area contributed by atoms with E-state index in [1.54, 1.807) is 5.51 Å². The molecule has 1 aromatic rings. The predicted octanol–water partition coefficient (Wildman–Crippen LogP) is 2.33. The van der Waals surface area contributed by atoms with Crippen LogP contribution in [0.15, 0.2) is 10.9 Å². The Hall–Kier alpha value is -0.915. The van der Waals surface area contributed by atoms with Gasteiger partial charge < -0.3 is 14.4 Å². The van der Waals surface area contributed by atoms with Crippen molar-refractivity contribution in [2.45, 2.75) is 51.1 Å². The van der Waals surface area contributed by atoms with E-state index in [9.17, 15) is 4.79 Å². The Morgan fingerprint density at radius 2 is 2.00 bits per heavy atom. The van der Waals surface area contributed by atoms with Crippen LogP contribution < -0.4 is 0 Å². The van der Waals surface area contributed by atoms with E-state index >= 15 is 0 Å². The lowest BCUT2D eigenvalue weighted by Gasteiger charge is -2.32. The van der Waals surface area contributed by atoms with Crippen molar-refractivity contribution in [3.8, 4) is 0 Å². The summed E-state index contributed by atoms with van der Waals surface area (Å²) in [4.78, 5) is 15.3. The molecule has 5 nitrogen and oxygen atoms in total. The molecule has 0 amide bonds. The zero-order chi connectivity index (χ0) is 14.3. The minimum atomic E-state index is -0.882. The molecule has 7 heteroatoms. The second kappa shape index (κ2) is 4.88. The third-order valence-electron chi connectivity index (χ3n) is 3.83. The second-order valence-electron chi connectivity index (χ2n) is 5.74. The highest BCUT2D eigenvalue weighted by atomic mass is 32.1. The van der Waals surface area contributed by atoms with Crippen molar-refractivity contribution in [3.05, 3.63) is 16.6 Å². The third-order valence-corrected chi connectivity index (χ3v) is 4.43. The lowest BCUT2D eigenvalue weighted by molar-refractivity contribution is -0.137. The molecular formula is C12H18BNO4S. The number of nitrogens with zero attached hydrogens (tertiary/aromatic N) is 1. The quantitative estimate of drug-likeness (QED) is 0.859. The number of carbonyl (C=O) groups is 1. The van der Waals surface area contributed by atoms with Gasteiger partial charge in [-0.25, -0.2) is 4.98 Å². The summed E-state index contributed by atoms with van der Waals surface area (Å²) >= 11 is 1.44. The summed E-state index contributed by atoms with van der Waals surface area (Å²) in [5.74, 6) is -1.27. The van der Waals surface area contributed by atoms with Gasteiger partial charge in [-0.15, -0.1) is 11.3 Å². The molecule has 1 unspecified atom stereocenters. The molecule has 0 spiro atoms. The molecule has 1 N–H and O–H groups in total. The van der Waals surface area contributed by atoms with Crippen LogP contribution in [0.25, 0.3) is 0 Å². The van der Waals surface area contributed by atoms with Crippen LogP contribution in [-0.2, 0) is 14.1 Å². The molecular weight excluding hydrogens is 265 g/mol. The highest BCUT2D eigenvalue weighted by Gasteiger charge is 2.54. The normalized spacial score (nSPS) is 22.4. The molecule has 2 heterocycles. The zero-order valence-corrected chi connectivity index (χ0v) is 12.4. The van der Waals surface area contributed by atoms with E-state index in [2.05, 4.69) is 4.98 Å². The van der Waals surface area contributed by atoms with Crippen molar-refractivity contribution in [1.29, 1.82) is 0 Å². The first-order valence-corrected chi connectivity index (χ1v) is 7.13. The average Bonchev–Trinajstić information content (AvgIpc) is 2.82. The first kappa shape index (κ1) is 14.5. The van der Waals surface area contributed by atoms with Crippen LogP contribution in [0.5, 0.6) is 0 Å². The van der Waals surface area contributed by atoms with E-state index in [0.717, 1.165) is 0 Å². The summed E-state index contributed by atoms with van der Waals surface area (Å²) < 4.78 is 11.9. The molecule has 19 heavy (non-hydrogen) atoms. The fourth-order valence-corrected chi connectivity index (χ4v) is 2.60. The van der Waals surface area contributed by atoms with Crippen LogP contribution in [0.1, 0.15) is 45.6 Å². The largest absolute Gasteiger partial charge is 0.481 e. The second-order valence-corrected chi connectivity index (χ2v) is 6.46. The zero-order valence-electron chi connectivity index (χ0n) is 11.5. The van der Waals surface area contributed by atoms with Crippen LogP contribution >= 0.6 is 11.3 Å². The minimum absolute atomic E-state index is 0.0550. The SMILES string of the molecule is CC1(C)OB(C(CC(=O)O)c2cscn2)OC1(C)C. The Morgan fingerprint density at radius 1 is 1.42 bits per heavy atom. The number of aliphatic carboxylic acids is 1. The lowest BCUT2D eigenvalue weighted by atomic mass is 9.68. The van der Waals surface area contributed by atoms with E-state index in [0.29, 0.717) is 5.69 Å². The summed E-state index contributed by atoms with van der Waals surface area (Å²) in [5, 5.41) is 10.9. The summed E-state index contributed by atoms with van der Waals surface area (Å²) in [7, 11) is -0.580. The van der Waals surface area contributed by atoms with Crippen molar-refractivity contribution in [3.63, 3.8) is 0 Å². The van der Waals surface area contributed by atoms with Crippen molar-refractivity contribution in [2.24, 2.45) is 0 Å². The topological polar surface area (TPSA) is 68.7 Å². The molecule has 0 saturated carbocycles. The Balaban J connectivity index is 2.24. The van der Waals surface area contributed by atoms with Crippen molar-refractivity contribution >= 4 is 24.4 Å². The number of aromatic nitrogens is 1. The maximum Gasteiger partial charge on any atom is 0.468 e. The number of hydrogen-bond acceptors (Lipinski definition) is 5. The van der Waals surface area contributed by atoms with Gasteiger partial charge in [0.05, 0.1) is 28.8 Å².